The standard InChI is InChI=1S/C25H29F2N3O3/c1-16-12-22(33-2)20(19-8-9-28-24(16)19)13-30-11-3-10-29(15-23(26)27)14-21(30)17-4-6-18(7-5-17)25(31)32/h4-9,12,21,23,28H,3,10-11,13-15H2,1-2H3,(H,31,32). The summed E-state index contributed by atoms with van der Waals surface area (Å²) in [4.78, 5) is 18.7. The van der Waals surface area contributed by atoms with Gasteiger partial charge in [0.05, 0.1) is 19.2 Å². The molecule has 0 aliphatic carbocycles. The molecule has 1 unspecified atom stereocenters. The average Bonchev–Trinajstić information content (AvgIpc) is 3.20. The van der Waals surface area contributed by atoms with Crippen LogP contribution in [0.25, 0.3) is 10.9 Å². The summed E-state index contributed by atoms with van der Waals surface area (Å²) < 4.78 is 32.1. The number of benzene rings is 2. The number of fused-ring (bicyclic) bond motifs is 1. The maximum atomic E-state index is 13.2. The van der Waals surface area contributed by atoms with E-state index in [-0.39, 0.29) is 18.2 Å². The van der Waals surface area contributed by atoms with Gasteiger partial charge in [-0.25, -0.2) is 13.6 Å². The van der Waals surface area contributed by atoms with Crippen molar-refractivity contribution in [2.75, 3.05) is 33.3 Å². The molecule has 0 spiro atoms. The minimum absolute atomic E-state index is 0.158. The highest BCUT2D eigenvalue weighted by Crippen LogP contribution is 2.35. The number of hydrogen-bond donors (Lipinski definition) is 2. The molecule has 1 atom stereocenters. The number of nitrogens with zero attached hydrogens (tertiary/aromatic N) is 2. The fourth-order valence-corrected chi connectivity index (χ4v) is 4.80. The molecule has 2 heterocycles. The molecular formula is C25H29F2N3O3. The number of halogens is 2. The molecule has 33 heavy (non-hydrogen) atoms. The first kappa shape index (κ1) is 23.2. The fourth-order valence-electron chi connectivity index (χ4n) is 4.80. The molecule has 0 bridgehead atoms. The molecule has 3 aromatic rings. The van der Waals surface area contributed by atoms with Crippen LogP contribution in [0.4, 0.5) is 8.78 Å². The number of methoxy groups -OCH3 is 1. The minimum Gasteiger partial charge on any atom is -0.496 e. The Morgan fingerprint density at radius 3 is 2.67 bits per heavy atom. The zero-order valence-electron chi connectivity index (χ0n) is 18.9. The second-order valence-corrected chi connectivity index (χ2v) is 8.56. The van der Waals surface area contributed by atoms with E-state index in [1.54, 1.807) is 36.3 Å². The van der Waals surface area contributed by atoms with Crippen LogP contribution in [0.1, 0.15) is 39.5 Å². The summed E-state index contributed by atoms with van der Waals surface area (Å²) in [7, 11) is 1.66. The van der Waals surface area contributed by atoms with Crippen LogP contribution >= 0.6 is 0 Å². The Bertz CT molecular complexity index is 1110. The number of carboxylic acids is 1. The molecule has 176 valence electrons. The molecule has 1 aliphatic heterocycles. The lowest BCUT2D eigenvalue weighted by molar-refractivity contribution is 0.0695. The van der Waals surface area contributed by atoms with Crippen LogP contribution in [0.15, 0.2) is 42.6 Å². The number of carboxylic acid groups (broad SMARTS) is 1. The summed E-state index contributed by atoms with van der Waals surface area (Å²) >= 11 is 0. The monoisotopic (exact) mass is 457 g/mol. The highest BCUT2D eigenvalue weighted by Gasteiger charge is 2.29. The van der Waals surface area contributed by atoms with Gasteiger partial charge in [0.2, 0.25) is 0 Å². The van der Waals surface area contributed by atoms with Crippen molar-refractivity contribution in [1.82, 2.24) is 14.8 Å². The van der Waals surface area contributed by atoms with Crippen LogP contribution in [0, 0.1) is 6.92 Å². The van der Waals surface area contributed by atoms with E-state index < -0.39 is 12.4 Å². The molecule has 2 aromatic carbocycles. The van der Waals surface area contributed by atoms with Gasteiger partial charge in [-0.2, -0.15) is 0 Å². The Labute approximate surface area is 191 Å². The molecule has 0 amide bonds. The average molecular weight is 458 g/mol. The first-order valence-corrected chi connectivity index (χ1v) is 11.1. The molecule has 8 heteroatoms. The molecule has 1 saturated heterocycles. The van der Waals surface area contributed by atoms with Crippen molar-refractivity contribution in [3.8, 4) is 5.75 Å². The van der Waals surface area contributed by atoms with Crippen molar-refractivity contribution in [1.29, 1.82) is 0 Å². The number of aromatic nitrogens is 1. The Balaban J connectivity index is 1.71. The third kappa shape index (κ3) is 5.02. The van der Waals surface area contributed by atoms with Crippen LogP contribution in [0.5, 0.6) is 5.75 Å². The third-order valence-corrected chi connectivity index (χ3v) is 6.42. The summed E-state index contributed by atoms with van der Waals surface area (Å²) in [5.74, 6) is -0.189. The molecular weight excluding hydrogens is 428 g/mol. The van der Waals surface area contributed by atoms with Crippen molar-refractivity contribution in [2.24, 2.45) is 0 Å². The second-order valence-electron chi connectivity index (χ2n) is 8.56. The number of nitrogens with one attached hydrogen (secondary N) is 1. The van der Waals surface area contributed by atoms with Gasteiger partial charge in [0.15, 0.2) is 0 Å². The number of aromatic carboxylic acids is 1. The van der Waals surface area contributed by atoms with Crippen LogP contribution in [-0.2, 0) is 6.54 Å². The van der Waals surface area contributed by atoms with E-state index in [2.05, 4.69) is 9.88 Å². The highest BCUT2D eigenvalue weighted by atomic mass is 19.3. The Morgan fingerprint density at radius 2 is 2.00 bits per heavy atom. The Kier molecular flexibility index (Phi) is 6.95. The van der Waals surface area contributed by atoms with Crippen molar-refractivity contribution >= 4 is 16.9 Å². The molecule has 1 fully saturated rings. The Morgan fingerprint density at radius 1 is 1.24 bits per heavy atom. The van der Waals surface area contributed by atoms with Crippen molar-refractivity contribution < 1.29 is 23.4 Å². The molecule has 0 radical (unpaired) electrons. The van der Waals surface area contributed by atoms with Crippen molar-refractivity contribution in [3.05, 3.63) is 64.8 Å². The van der Waals surface area contributed by atoms with Gasteiger partial charge in [0.25, 0.3) is 6.43 Å². The number of aryl methyl sites for hydroxylation is 1. The van der Waals surface area contributed by atoms with Gasteiger partial charge in [-0.15, -0.1) is 0 Å². The Hall–Kier alpha value is -2.97. The van der Waals surface area contributed by atoms with Gasteiger partial charge in [-0.1, -0.05) is 12.1 Å². The number of alkyl halides is 2. The largest absolute Gasteiger partial charge is 0.496 e. The molecule has 4 rings (SSSR count). The van der Waals surface area contributed by atoms with E-state index in [9.17, 15) is 18.7 Å². The van der Waals surface area contributed by atoms with E-state index in [4.69, 9.17) is 4.74 Å². The molecule has 2 N–H and O–H groups in total. The summed E-state index contributed by atoms with van der Waals surface area (Å²) in [6, 6.07) is 10.7. The number of aromatic amines is 1. The number of H-pyrrole nitrogens is 1. The van der Waals surface area contributed by atoms with Crippen LogP contribution < -0.4 is 4.74 Å². The zero-order chi connectivity index (χ0) is 23.5. The minimum atomic E-state index is -2.40. The lowest BCUT2D eigenvalue weighted by Crippen LogP contribution is -2.36. The van der Waals surface area contributed by atoms with Gasteiger partial charge in [-0.05, 0) is 55.3 Å². The molecule has 1 aliphatic rings. The number of ether oxygens (including phenoxy) is 1. The van der Waals surface area contributed by atoms with Crippen LogP contribution in [0.2, 0.25) is 0 Å². The van der Waals surface area contributed by atoms with Gasteiger partial charge >= 0.3 is 5.97 Å². The second kappa shape index (κ2) is 9.89. The molecule has 0 saturated carbocycles. The summed E-state index contributed by atoms with van der Waals surface area (Å²) in [6.07, 6.45) is 0.277. The van der Waals surface area contributed by atoms with E-state index in [0.717, 1.165) is 46.3 Å². The molecule has 1 aromatic heterocycles. The van der Waals surface area contributed by atoms with Crippen LogP contribution in [-0.4, -0.2) is 65.6 Å². The van der Waals surface area contributed by atoms with Gasteiger partial charge in [0.1, 0.15) is 5.75 Å². The third-order valence-electron chi connectivity index (χ3n) is 6.42. The maximum absolute atomic E-state index is 13.2. The number of hydrogen-bond acceptors (Lipinski definition) is 4. The number of rotatable bonds is 7. The molecule has 6 nitrogen and oxygen atoms in total. The van der Waals surface area contributed by atoms with E-state index >= 15 is 0 Å². The van der Waals surface area contributed by atoms with Gasteiger partial charge in [0, 0.05) is 48.3 Å². The van der Waals surface area contributed by atoms with E-state index in [1.165, 1.54) is 0 Å². The predicted octanol–water partition coefficient (Wildman–Crippen LogP) is 4.70. The summed E-state index contributed by atoms with van der Waals surface area (Å²) in [6.45, 7) is 4.12. The van der Waals surface area contributed by atoms with Crippen molar-refractivity contribution in [3.63, 3.8) is 0 Å². The SMILES string of the molecule is COc1cc(C)c2[nH]ccc2c1CN1CCCN(CC(F)F)CC1c1ccc(C(=O)O)cc1. The van der Waals surface area contributed by atoms with Crippen molar-refractivity contribution in [2.45, 2.75) is 32.4 Å². The number of carbonyl (C=O) groups is 1. The smallest absolute Gasteiger partial charge is 0.335 e. The summed E-state index contributed by atoms with van der Waals surface area (Å²) in [5, 5.41) is 10.3. The van der Waals surface area contributed by atoms with Gasteiger partial charge in [-0.3, -0.25) is 9.80 Å². The highest BCUT2D eigenvalue weighted by molar-refractivity contribution is 5.88. The van der Waals surface area contributed by atoms with E-state index in [1.807, 2.05) is 25.3 Å². The lowest BCUT2D eigenvalue weighted by Gasteiger charge is -2.33. The van der Waals surface area contributed by atoms with E-state index in [0.29, 0.717) is 19.6 Å². The lowest BCUT2D eigenvalue weighted by atomic mass is 10.00. The first-order valence-electron chi connectivity index (χ1n) is 11.1. The fraction of sp³-hybridized carbons (Fsp3) is 0.400. The predicted molar refractivity (Wildman–Crippen MR) is 123 cm³/mol. The van der Waals surface area contributed by atoms with Crippen LogP contribution in [0.3, 0.4) is 0 Å². The normalized spacial score (nSPS) is 18.0. The topological polar surface area (TPSA) is 68.8 Å². The van der Waals surface area contributed by atoms with Gasteiger partial charge < -0.3 is 14.8 Å². The first-order chi connectivity index (χ1) is 15.9. The maximum Gasteiger partial charge on any atom is 0.335 e. The quantitative estimate of drug-likeness (QED) is 0.538. The summed E-state index contributed by atoms with van der Waals surface area (Å²) in [5.41, 5.74) is 4.32. The zero-order valence-corrected chi connectivity index (χ0v) is 18.9.